The SMILES string of the molecule is CN(C)c1ccccc1C(O)CCl. The van der Waals surface area contributed by atoms with Gasteiger partial charge in [-0.05, 0) is 6.07 Å². The number of para-hydroxylation sites is 1. The molecule has 1 rings (SSSR count). The second-order valence-electron chi connectivity index (χ2n) is 3.12. The average molecular weight is 200 g/mol. The second-order valence-corrected chi connectivity index (χ2v) is 3.43. The van der Waals surface area contributed by atoms with Gasteiger partial charge >= 0.3 is 0 Å². The highest BCUT2D eigenvalue weighted by atomic mass is 35.5. The van der Waals surface area contributed by atoms with Crippen LogP contribution in [0, 0.1) is 0 Å². The molecule has 0 aliphatic carbocycles. The summed E-state index contributed by atoms with van der Waals surface area (Å²) in [6, 6.07) is 7.70. The van der Waals surface area contributed by atoms with E-state index in [-0.39, 0.29) is 5.88 Å². The smallest absolute Gasteiger partial charge is 0.0945 e. The van der Waals surface area contributed by atoms with E-state index < -0.39 is 6.10 Å². The van der Waals surface area contributed by atoms with Crippen molar-refractivity contribution >= 4 is 17.3 Å². The molecule has 1 unspecified atom stereocenters. The van der Waals surface area contributed by atoms with Gasteiger partial charge < -0.3 is 10.0 Å². The maximum Gasteiger partial charge on any atom is 0.0945 e. The van der Waals surface area contributed by atoms with Gasteiger partial charge in [0.05, 0.1) is 12.0 Å². The number of hydrogen-bond donors (Lipinski definition) is 1. The van der Waals surface area contributed by atoms with E-state index in [0.717, 1.165) is 11.3 Å². The van der Waals surface area contributed by atoms with Crippen LogP contribution in [0.1, 0.15) is 11.7 Å². The van der Waals surface area contributed by atoms with Gasteiger partial charge in [-0.3, -0.25) is 0 Å². The fraction of sp³-hybridized carbons (Fsp3) is 0.400. The Labute approximate surface area is 83.7 Å². The first-order valence-corrected chi connectivity index (χ1v) is 4.70. The van der Waals surface area contributed by atoms with Gasteiger partial charge in [-0.1, -0.05) is 18.2 Å². The first-order valence-electron chi connectivity index (χ1n) is 4.17. The van der Waals surface area contributed by atoms with Crippen molar-refractivity contribution in [3.8, 4) is 0 Å². The van der Waals surface area contributed by atoms with Gasteiger partial charge in [-0.25, -0.2) is 0 Å². The highest BCUT2D eigenvalue weighted by molar-refractivity contribution is 6.18. The Hall–Kier alpha value is -0.730. The molecule has 0 heterocycles. The van der Waals surface area contributed by atoms with Gasteiger partial charge in [0.1, 0.15) is 0 Å². The Morgan fingerprint density at radius 3 is 2.54 bits per heavy atom. The lowest BCUT2D eigenvalue weighted by Gasteiger charge is -2.19. The van der Waals surface area contributed by atoms with Gasteiger partial charge in [0.25, 0.3) is 0 Å². The normalized spacial score (nSPS) is 12.6. The Kier molecular flexibility index (Phi) is 3.58. The van der Waals surface area contributed by atoms with Crippen molar-refractivity contribution in [2.45, 2.75) is 6.10 Å². The second kappa shape index (κ2) is 4.49. The summed E-state index contributed by atoms with van der Waals surface area (Å²) >= 11 is 5.59. The van der Waals surface area contributed by atoms with Gasteiger partial charge in [-0.15, -0.1) is 11.6 Å². The molecule has 1 atom stereocenters. The average Bonchev–Trinajstić information content (AvgIpc) is 2.16. The topological polar surface area (TPSA) is 23.5 Å². The van der Waals surface area contributed by atoms with E-state index >= 15 is 0 Å². The molecule has 0 aromatic heterocycles. The molecule has 3 heteroatoms. The molecule has 1 aromatic carbocycles. The molecule has 0 bridgehead atoms. The summed E-state index contributed by atoms with van der Waals surface area (Å²) in [4.78, 5) is 1.96. The largest absolute Gasteiger partial charge is 0.387 e. The van der Waals surface area contributed by atoms with Crippen molar-refractivity contribution in [3.63, 3.8) is 0 Å². The lowest BCUT2D eigenvalue weighted by atomic mass is 10.1. The van der Waals surface area contributed by atoms with Crippen LogP contribution in [0.3, 0.4) is 0 Å². The number of aliphatic hydroxyl groups is 1. The molecular formula is C10H14ClNO. The number of nitrogens with zero attached hydrogens (tertiary/aromatic N) is 1. The van der Waals surface area contributed by atoms with Crippen molar-refractivity contribution in [1.29, 1.82) is 0 Å². The first kappa shape index (κ1) is 10.4. The van der Waals surface area contributed by atoms with Gasteiger partial charge in [0.15, 0.2) is 0 Å². The van der Waals surface area contributed by atoms with Gasteiger partial charge in [0, 0.05) is 25.3 Å². The number of alkyl halides is 1. The Morgan fingerprint density at radius 1 is 1.38 bits per heavy atom. The third kappa shape index (κ3) is 2.36. The molecule has 13 heavy (non-hydrogen) atoms. The van der Waals surface area contributed by atoms with E-state index in [1.807, 2.05) is 43.3 Å². The van der Waals surface area contributed by atoms with Crippen molar-refractivity contribution in [2.75, 3.05) is 24.9 Å². The van der Waals surface area contributed by atoms with E-state index in [1.165, 1.54) is 0 Å². The summed E-state index contributed by atoms with van der Waals surface area (Å²) in [5.74, 6) is 0.227. The van der Waals surface area contributed by atoms with Crippen molar-refractivity contribution in [3.05, 3.63) is 29.8 Å². The molecule has 0 spiro atoms. The molecule has 0 aliphatic heterocycles. The van der Waals surface area contributed by atoms with Crippen LogP contribution in [-0.4, -0.2) is 25.1 Å². The highest BCUT2D eigenvalue weighted by Gasteiger charge is 2.11. The van der Waals surface area contributed by atoms with Crippen LogP contribution < -0.4 is 4.90 Å². The van der Waals surface area contributed by atoms with Crippen LogP contribution in [0.5, 0.6) is 0 Å². The molecule has 1 N–H and O–H groups in total. The zero-order valence-electron chi connectivity index (χ0n) is 7.87. The fourth-order valence-corrected chi connectivity index (χ4v) is 1.43. The van der Waals surface area contributed by atoms with Crippen LogP contribution in [0.4, 0.5) is 5.69 Å². The molecule has 0 fully saturated rings. The number of aliphatic hydroxyl groups excluding tert-OH is 1. The van der Waals surface area contributed by atoms with E-state index in [9.17, 15) is 5.11 Å². The van der Waals surface area contributed by atoms with Gasteiger partial charge in [-0.2, -0.15) is 0 Å². The predicted molar refractivity (Wildman–Crippen MR) is 56.4 cm³/mol. The molecule has 0 amide bonds. The number of benzene rings is 1. The van der Waals surface area contributed by atoms with Crippen LogP contribution in [-0.2, 0) is 0 Å². The zero-order chi connectivity index (χ0) is 9.84. The molecular weight excluding hydrogens is 186 g/mol. The summed E-state index contributed by atoms with van der Waals surface area (Å²) < 4.78 is 0. The Morgan fingerprint density at radius 2 is 2.00 bits per heavy atom. The van der Waals surface area contributed by atoms with Crippen LogP contribution in [0.2, 0.25) is 0 Å². The molecule has 0 aliphatic rings. The number of halogens is 1. The van der Waals surface area contributed by atoms with Crippen LogP contribution in [0.15, 0.2) is 24.3 Å². The Bertz CT molecular complexity index is 275. The lowest BCUT2D eigenvalue weighted by molar-refractivity contribution is 0.203. The molecule has 1 aromatic rings. The number of hydrogen-bond acceptors (Lipinski definition) is 2. The summed E-state index contributed by atoms with van der Waals surface area (Å²) in [7, 11) is 3.89. The van der Waals surface area contributed by atoms with Crippen LogP contribution in [0.25, 0.3) is 0 Å². The zero-order valence-corrected chi connectivity index (χ0v) is 8.62. The molecule has 0 saturated heterocycles. The minimum absolute atomic E-state index is 0.227. The van der Waals surface area contributed by atoms with E-state index in [1.54, 1.807) is 0 Å². The minimum atomic E-state index is -0.583. The summed E-state index contributed by atoms with van der Waals surface area (Å²) in [5, 5.41) is 9.60. The molecule has 2 nitrogen and oxygen atoms in total. The first-order chi connectivity index (χ1) is 6.16. The van der Waals surface area contributed by atoms with Crippen LogP contribution >= 0.6 is 11.6 Å². The van der Waals surface area contributed by atoms with Crippen molar-refractivity contribution in [1.82, 2.24) is 0 Å². The predicted octanol–water partition coefficient (Wildman–Crippen LogP) is 2.02. The fourth-order valence-electron chi connectivity index (χ4n) is 1.26. The van der Waals surface area contributed by atoms with E-state index in [0.29, 0.717) is 0 Å². The Balaban J connectivity index is 3.04. The summed E-state index contributed by atoms with van der Waals surface area (Å²) in [6.07, 6.45) is -0.583. The molecule has 72 valence electrons. The molecule has 0 saturated carbocycles. The molecule has 0 radical (unpaired) electrons. The number of anilines is 1. The summed E-state index contributed by atoms with van der Waals surface area (Å²) in [6.45, 7) is 0. The van der Waals surface area contributed by atoms with E-state index in [2.05, 4.69) is 0 Å². The quantitative estimate of drug-likeness (QED) is 0.754. The monoisotopic (exact) mass is 199 g/mol. The maximum atomic E-state index is 9.60. The van der Waals surface area contributed by atoms with Gasteiger partial charge in [0.2, 0.25) is 0 Å². The highest BCUT2D eigenvalue weighted by Crippen LogP contribution is 2.25. The summed E-state index contributed by atoms with van der Waals surface area (Å²) in [5.41, 5.74) is 1.89. The third-order valence-corrected chi connectivity index (χ3v) is 2.22. The van der Waals surface area contributed by atoms with E-state index in [4.69, 9.17) is 11.6 Å². The third-order valence-electron chi connectivity index (χ3n) is 1.92. The number of rotatable bonds is 3. The minimum Gasteiger partial charge on any atom is -0.387 e. The van der Waals surface area contributed by atoms with Crippen molar-refractivity contribution in [2.24, 2.45) is 0 Å². The standard InChI is InChI=1S/C10H14ClNO/c1-12(2)9-6-4-3-5-8(9)10(13)7-11/h3-6,10,13H,7H2,1-2H3. The lowest BCUT2D eigenvalue weighted by Crippen LogP contribution is -2.13. The maximum absolute atomic E-state index is 9.60. The van der Waals surface area contributed by atoms with Crippen molar-refractivity contribution < 1.29 is 5.11 Å².